The van der Waals surface area contributed by atoms with Crippen LogP contribution < -0.4 is 0 Å². The van der Waals surface area contributed by atoms with Gasteiger partial charge in [-0.05, 0) is 84.4 Å². The maximum Gasteiger partial charge on any atom is 0.143 e. The Morgan fingerprint density at radius 1 is 0.395 bits per heavy atom. The van der Waals surface area contributed by atoms with Gasteiger partial charge in [0.1, 0.15) is 11.2 Å². The molecule has 43 heavy (non-hydrogen) atoms. The van der Waals surface area contributed by atoms with Crippen molar-refractivity contribution in [1.29, 1.82) is 0 Å². The molecule has 9 rings (SSSR count). The Morgan fingerprint density at radius 2 is 0.930 bits per heavy atom. The molecule has 0 saturated heterocycles. The summed E-state index contributed by atoms with van der Waals surface area (Å²) in [5, 5.41) is 1.14. The van der Waals surface area contributed by atoms with Gasteiger partial charge in [-0.3, -0.25) is 0 Å². The predicted molar refractivity (Wildman–Crippen MR) is 183 cm³/mol. The molecule has 8 aromatic carbocycles. The number of para-hydroxylation sites is 2. The highest BCUT2D eigenvalue weighted by Crippen LogP contribution is 2.39. The van der Waals surface area contributed by atoms with Crippen molar-refractivity contribution in [3.8, 4) is 33.4 Å². The van der Waals surface area contributed by atoms with E-state index in [0.717, 1.165) is 44.2 Å². The van der Waals surface area contributed by atoms with Gasteiger partial charge in [-0.2, -0.15) is 0 Å². The van der Waals surface area contributed by atoms with Gasteiger partial charge in [0.15, 0.2) is 0 Å². The molecule has 0 spiro atoms. The third-order valence-corrected chi connectivity index (χ3v) is 8.00. The van der Waals surface area contributed by atoms with Crippen LogP contribution in [0, 0.1) is 0 Å². The molecule has 0 fully saturated rings. The average molecular weight is 558 g/mol. The summed E-state index contributed by atoms with van der Waals surface area (Å²) in [7, 11) is 0. The zero-order valence-electron chi connectivity index (χ0n) is 33.6. The van der Waals surface area contributed by atoms with E-state index >= 15 is 0 Å². The van der Waals surface area contributed by atoms with E-state index in [1.54, 1.807) is 12.1 Å². The standard InChI is InChI=1S/C42H26O/c1-2-16-35-33(14-1)34-15-3-4-17-36(34)40-26-30(22-23-37(35)40)28-11-7-10-27(24-28)29-12-8-13-31(25-29)32-19-9-20-39-38-18-5-6-21-41(38)43-42(32)39/h1-26H/i1D,2D,3D,4D,14D,15D,16D,17D,22D,23D,26D. The van der Waals surface area contributed by atoms with Gasteiger partial charge in [0.2, 0.25) is 0 Å². The highest BCUT2D eigenvalue weighted by molar-refractivity contribution is 6.25. The third-order valence-electron chi connectivity index (χ3n) is 8.00. The van der Waals surface area contributed by atoms with Crippen molar-refractivity contribution in [2.45, 2.75) is 0 Å². The van der Waals surface area contributed by atoms with Crippen LogP contribution in [0.5, 0.6) is 0 Å². The Balaban J connectivity index is 1.30. The minimum Gasteiger partial charge on any atom is -0.455 e. The van der Waals surface area contributed by atoms with Crippen LogP contribution in [-0.4, -0.2) is 0 Å². The SMILES string of the molecule is [2H]c1c([2H])c([2H])c2c(c1[2H])c1c([2H])c([2H])c([2H])c([2H])c1c1c([2H])c(-c3cccc(-c4cccc(-c5cccc6c5oc5ccccc56)c4)c3)c([2H])c([2H])c21. The molecule has 0 atom stereocenters. The van der Waals surface area contributed by atoms with Crippen LogP contribution in [0.1, 0.15) is 15.1 Å². The monoisotopic (exact) mass is 557 g/mol. The van der Waals surface area contributed by atoms with E-state index in [-0.39, 0.29) is 50.0 Å². The summed E-state index contributed by atoms with van der Waals surface area (Å²) in [6.45, 7) is 0. The molecule has 9 aromatic rings. The quantitative estimate of drug-likeness (QED) is 0.197. The molecule has 0 bridgehead atoms. The molecule has 0 aliphatic heterocycles. The van der Waals surface area contributed by atoms with Crippen LogP contribution in [0.15, 0.2) is 162 Å². The number of fused-ring (bicyclic) bond motifs is 9. The fraction of sp³-hybridized carbons (Fsp3) is 0. The smallest absolute Gasteiger partial charge is 0.143 e. The van der Waals surface area contributed by atoms with E-state index in [4.69, 9.17) is 15.4 Å². The van der Waals surface area contributed by atoms with E-state index in [0.29, 0.717) is 5.56 Å². The van der Waals surface area contributed by atoms with E-state index < -0.39 is 54.4 Å². The first kappa shape index (κ1) is 15.5. The highest BCUT2D eigenvalue weighted by Gasteiger charge is 2.13. The molecule has 1 nitrogen and oxygen atoms in total. The van der Waals surface area contributed by atoms with Gasteiger partial charge < -0.3 is 4.42 Å². The number of furan rings is 1. The lowest BCUT2D eigenvalue weighted by atomic mass is 9.91. The van der Waals surface area contributed by atoms with E-state index in [2.05, 4.69) is 0 Å². The minimum absolute atomic E-state index is 0.0476. The maximum atomic E-state index is 9.57. The molecule has 0 N–H and O–H groups in total. The molecule has 200 valence electrons. The lowest BCUT2D eigenvalue weighted by Crippen LogP contribution is -1.86. The average Bonchev–Trinajstić information content (AvgIpc) is 3.58. The molecule has 1 aromatic heterocycles. The number of hydrogen-bond acceptors (Lipinski definition) is 1. The van der Waals surface area contributed by atoms with Crippen molar-refractivity contribution in [1.82, 2.24) is 0 Å². The molecule has 0 saturated carbocycles. The van der Waals surface area contributed by atoms with Gasteiger partial charge in [-0.1, -0.05) is 133 Å². The Kier molecular flexibility index (Phi) is 3.41. The van der Waals surface area contributed by atoms with Crippen LogP contribution in [0.2, 0.25) is 0 Å². The number of rotatable bonds is 3. The number of benzene rings is 8. The van der Waals surface area contributed by atoms with Crippen molar-refractivity contribution in [3.63, 3.8) is 0 Å². The van der Waals surface area contributed by atoms with Gasteiger partial charge in [-0.25, -0.2) is 0 Å². The van der Waals surface area contributed by atoms with Gasteiger partial charge in [0, 0.05) is 16.3 Å². The topological polar surface area (TPSA) is 13.1 Å². The summed E-state index contributed by atoms with van der Waals surface area (Å²) in [4.78, 5) is 0. The second-order valence-corrected chi connectivity index (χ2v) is 10.4. The predicted octanol–water partition coefficient (Wildman–Crippen LogP) is 12.0. The zero-order valence-corrected chi connectivity index (χ0v) is 22.6. The molecule has 0 aliphatic rings. The Morgan fingerprint density at radius 3 is 1.65 bits per heavy atom. The first-order valence-electron chi connectivity index (χ1n) is 19.4. The molecule has 0 unspecified atom stereocenters. The van der Waals surface area contributed by atoms with Crippen molar-refractivity contribution < 1.29 is 19.5 Å². The molecular weight excluding hydrogens is 520 g/mol. The maximum absolute atomic E-state index is 9.57. The van der Waals surface area contributed by atoms with Gasteiger partial charge in [0.05, 0.1) is 15.1 Å². The van der Waals surface area contributed by atoms with Crippen molar-refractivity contribution in [3.05, 3.63) is 157 Å². The first-order valence-corrected chi connectivity index (χ1v) is 13.9. The fourth-order valence-corrected chi connectivity index (χ4v) is 6.00. The minimum atomic E-state index is -0.601. The second kappa shape index (κ2) is 9.44. The molecule has 0 amide bonds. The highest BCUT2D eigenvalue weighted by atomic mass is 16.3. The zero-order chi connectivity index (χ0) is 37.9. The molecule has 1 heterocycles. The van der Waals surface area contributed by atoms with Crippen molar-refractivity contribution in [2.24, 2.45) is 0 Å². The van der Waals surface area contributed by atoms with Gasteiger partial charge in [0.25, 0.3) is 0 Å². The summed E-state index contributed by atoms with van der Waals surface area (Å²) < 4.78 is 103. The fourth-order valence-electron chi connectivity index (χ4n) is 6.00. The van der Waals surface area contributed by atoms with Gasteiger partial charge >= 0.3 is 0 Å². The summed E-state index contributed by atoms with van der Waals surface area (Å²) in [5.74, 6) is 0. The second-order valence-electron chi connectivity index (χ2n) is 10.4. The summed E-state index contributed by atoms with van der Waals surface area (Å²) >= 11 is 0. The summed E-state index contributed by atoms with van der Waals surface area (Å²) in [6.07, 6.45) is 0. The largest absolute Gasteiger partial charge is 0.455 e. The molecule has 1 heteroatoms. The van der Waals surface area contributed by atoms with Crippen LogP contribution in [0.4, 0.5) is 0 Å². The van der Waals surface area contributed by atoms with E-state index in [1.807, 2.05) is 78.9 Å². The van der Waals surface area contributed by atoms with Crippen LogP contribution in [-0.2, 0) is 0 Å². The molecule has 0 radical (unpaired) electrons. The lowest BCUT2D eigenvalue weighted by molar-refractivity contribution is 0.670. The number of hydrogen-bond donors (Lipinski definition) is 0. The summed E-state index contributed by atoms with van der Waals surface area (Å²) in [5.41, 5.74) is 5.47. The Hall–Kier alpha value is -5.66. The van der Waals surface area contributed by atoms with Crippen molar-refractivity contribution in [2.75, 3.05) is 0 Å². The van der Waals surface area contributed by atoms with E-state index in [1.165, 1.54) is 0 Å². The Labute approximate surface area is 264 Å². The molecular formula is C42H26O. The van der Waals surface area contributed by atoms with Gasteiger partial charge in [-0.15, -0.1) is 0 Å². The van der Waals surface area contributed by atoms with E-state index in [9.17, 15) is 4.11 Å². The van der Waals surface area contributed by atoms with Crippen LogP contribution >= 0.6 is 0 Å². The normalized spacial score (nSPS) is 15.3. The lowest BCUT2D eigenvalue weighted by Gasteiger charge is -2.13. The Bertz CT molecular complexity index is 3090. The van der Waals surface area contributed by atoms with Crippen LogP contribution in [0.3, 0.4) is 0 Å². The summed E-state index contributed by atoms with van der Waals surface area (Å²) in [6, 6.07) is 23.5. The molecule has 0 aliphatic carbocycles. The first-order chi connectivity index (χ1) is 25.9. The van der Waals surface area contributed by atoms with Crippen LogP contribution in [0.25, 0.3) is 87.6 Å². The van der Waals surface area contributed by atoms with Crippen molar-refractivity contribution >= 4 is 54.3 Å². The third kappa shape index (κ3) is 3.79.